The minimum absolute atomic E-state index is 0.159. The molecule has 2 aromatic heterocycles. The third-order valence-electron chi connectivity index (χ3n) is 4.26. The lowest BCUT2D eigenvalue weighted by atomic mass is 10.2. The van der Waals surface area contributed by atoms with Crippen LogP contribution in [0.15, 0.2) is 41.8 Å². The molecule has 8 nitrogen and oxygen atoms in total. The second-order valence-electron chi connectivity index (χ2n) is 6.33. The maximum atomic E-state index is 12.5. The van der Waals surface area contributed by atoms with Gasteiger partial charge in [0.1, 0.15) is 5.75 Å². The van der Waals surface area contributed by atoms with E-state index in [4.69, 9.17) is 21.1 Å². The highest BCUT2D eigenvalue weighted by Crippen LogP contribution is 2.31. The molecule has 1 N–H and O–H groups in total. The van der Waals surface area contributed by atoms with Crippen LogP contribution in [0.3, 0.4) is 0 Å². The number of anilines is 1. The average molecular weight is 448 g/mol. The van der Waals surface area contributed by atoms with E-state index in [9.17, 15) is 4.79 Å². The van der Waals surface area contributed by atoms with Crippen molar-refractivity contribution in [2.24, 2.45) is 0 Å². The van der Waals surface area contributed by atoms with E-state index in [1.165, 1.54) is 18.9 Å². The number of halogens is 1. The lowest BCUT2D eigenvalue weighted by Gasteiger charge is -2.12. The van der Waals surface area contributed by atoms with Gasteiger partial charge in [-0.15, -0.1) is 10.2 Å². The standard InChI is InChI=1S/C20H22ClN5O3S/c1-13-10-16(17(29-3)11-15(13)21)23-18(27)12-30-20-25-24-19(26(20)8-9-28-2)14-4-6-22-7-5-14/h4-7,10-11H,8-9,12H2,1-3H3,(H,23,27). The molecule has 0 bridgehead atoms. The van der Waals surface area contributed by atoms with Crippen LogP contribution in [0.2, 0.25) is 5.02 Å². The van der Waals surface area contributed by atoms with Crippen molar-refractivity contribution in [1.29, 1.82) is 0 Å². The van der Waals surface area contributed by atoms with Crippen LogP contribution in [-0.4, -0.2) is 52.2 Å². The second kappa shape index (κ2) is 10.4. The number of thioether (sulfide) groups is 1. The first-order valence-electron chi connectivity index (χ1n) is 9.12. The van der Waals surface area contributed by atoms with Gasteiger partial charge in [-0.1, -0.05) is 23.4 Å². The first-order chi connectivity index (χ1) is 14.5. The molecule has 0 fully saturated rings. The summed E-state index contributed by atoms with van der Waals surface area (Å²) in [6.45, 7) is 2.93. The molecule has 1 aromatic carbocycles. The Balaban J connectivity index is 1.73. The van der Waals surface area contributed by atoms with E-state index in [1.807, 2.05) is 23.6 Å². The number of aryl methyl sites for hydroxylation is 1. The smallest absolute Gasteiger partial charge is 0.234 e. The largest absolute Gasteiger partial charge is 0.495 e. The minimum atomic E-state index is -0.188. The monoisotopic (exact) mass is 447 g/mol. The summed E-state index contributed by atoms with van der Waals surface area (Å²) in [5.41, 5.74) is 2.32. The van der Waals surface area contributed by atoms with Crippen LogP contribution in [0.25, 0.3) is 11.4 Å². The van der Waals surface area contributed by atoms with Gasteiger partial charge in [-0.3, -0.25) is 14.3 Å². The van der Waals surface area contributed by atoms with Gasteiger partial charge in [-0.25, -0.2) is 0 Å². The van der Waals surface area contributed by atoms with E-state index < -0.39 is 0 Å². The quantitative estimate of drug-likeness (QED) is 0.500. The molecule has 0 saturated carbocycles. The van der Waals surface area contributed by atoms with E-state index in [-0.39, 0.29) is 11.7 Å². The molecule has 3 rings (SSSR count). The number of rotatable bonds is 9. The van der Waals surface area contributed by atoms with E-state index in [2.05, 4.69) is 20.5 Å². The van der Waals surface area contributed by atoms with Gasteiger partial charge in [-0.2, -0.15) is 0 Å². The molecule has 0 saturated heterocycles. The number of benzene rings is 1. The summed E-state index contributed by atoms with van der Waals surface area (Å²) in [5, 5.41) is 12.6. The molecule has 1 amide bonds. The highest BCUT2D eigenvalue weighted by molar-refractivity contribution is 7.99. The molecule has 0 radical (unpaired) electrons. The van der Waals surface area contributed by atoms with Crippen molar-refractivity contribution in [3.8, 4) is 17.1 Å². The number of nitrogens with one attached hydrogen (secondary N) is 1. The molecule has 0 aliphatic carbocycles. The van der Waals surface area contributed by atoms with Crippen LogP contribution in [0.1, 0.15) is 5.56 Å². The Morgan fingerprint density at radius 3 is 2.70 bits per heavy atom. The summed E-state index contributed by atoms with van der Waals surface area (Å²) in [5.74, 6) is 1.18. The zero-order chi connectivity index (χ0) is 21.5. The zero-order valence-electron chi connectivity index (χ0n) is 16.9. The maximum Gasteiger partial charge on any atom is 0.234 e. The van der Waals surface area contributed by atoms with Crippen LogP contribution >= 0.6 is 23.4 Å². The van der Waals surface area contributed by atoms with Crippen molar-refractivity contribution in [1.82, 2.24) is 19.7 Å². The van der Waals surface area contributed by atoms with Gasteiger partial charge >= 0.3 is 0 Å². The molecule has 3 aromatic rings. The summed E-state index contributed by atoms with van der Waals surface area (Å²) >= 11 is 7.43. The number of carbonyl (C=O) groups is 1. The van der Waals surface area contributed by atoms with Gasteiger partial charge in [-0.05, 0) is 30.7 Å². The van der Waals surface area contributed by atoms with Crippen molar-refractivity contribution in [3.05, 3.63) is 47.2 Å². The van der Waals surface area contributed by atoms with E-state index in [0.717, 1.165) is 11.1 Å². The number of carbonyl (C=O) groups excluding carboxylic acids is 1. The lowest BCUT2D eigenvalue weighted by molar-refractivity contribution is -0.113. The van der Waals surface area contributed by atoms with Crippen LogP contribution in [-0.2, 0) is 16.1 Å². The fourth-order valence-electron chi connectivity index (χ4n) is 2.74. The second-order valence-corrected chi connectivity index (χ2v) is 7.67. The Morgan fingerprint density at radius 2 is 2.00 bits per heavy atom. The predicted octanol–water partition coefficient (Wildman–Crippen LogP) is 3.69. The molecular formula is C20H22ClN5O3S. The fourth-order valence-corrected chi connectivity index (χ4v) is 3.66. The summed E-state index contributed by atoms with van der Waals surface area (Å²) < 4.78 is 12.5. The zero-order valence-corrected chi connectivity index (χ0v) is 18.5. The molecule has 0 aliphatic heterocycles. The lowest BCUT2D eigenvalue weighted by Crippen LogP contribution is -2.16. The van der Waals surface area contributed by atoms with Crippen molar-refractivity contribution in [2.45, 2.75) is 18.6 Å². The van der Waals surface area contributed by atoms with Crippen LogP contribution in [0.4, 0.5) is 5.69 Å². The van der Waals surface area contributed by atoms with Gasteiger partial charge in [0.25, 0.3) is 0 Å². The first-order valence-corrected chi connectivity index (χ1v) is 10.5. The normalized spacial score (nSPS) is 10.8. The number of hydrogen-bond acceptors (Lipinski definition) is 7. The topological polar surface area (TPSA) is 91.2 Å². The third-order valence-corrected chi connectivity index (χ3v) is 5.64. The highest BCUT2D eigenvalue weighted by atomic mass is 35.5. The fraction of sp³-hybridized carbons (Fsp3) is 0.300. The molecular weight excluding hydrogens is 426 g/mol. The van der Waals surface area contributed by atoms with Gasteiger partial charge in [0.15, 0.2) is 11.0 Å². The van der Waals surface area contributed by atoms with E-state index in [0.29, 0.717) is 40.6 Å². The van der Waals surface area contributed by atoms with Crippen LogP contribution < -0.4 is 10.1 Å². The van der Waals surface area contributed by atoms with Crippen molar-refractivity contribution in [3.63, 3.8) is 0 Å². The Morgan fingerprint density at radius 1 is 1.23 bits per heavy atom. The molecule has 10 heteroatoms. The maximum absolute atomic E-state index is 12.5. The summed E-state index contributed by atoms with van der Waals surface area (Å²) in [7, 11) is 3.17. The minimum Gasteiger partial charge on any atom is -0.495 e. The Hall–Kier alpha value is -2.62. The number of amides is 1. The Kier molecular flexibility index (Phi) is 7.67. The molecule has 0 unspecified atom stereocenters. The Labute approximate surface area is 184 Å². The molecule has 0 atom stereocenters. The van der Waals surface area contributed by atoms with Gasteiger partial charge in [0, 0.05) is 36.2 Å². The summed E-state index contributed by atoms with van der Waals surface area (Å²) in [6.07, 6.45) is 3.40. The number of nitrogens with zero attached hydrogens (tertiary/aromatic N) is 4. The SMILES string of the molecule is COCCn1c(SCC(=O)Nc2cc(C)c(Cl)cc2OC)nnc1-c1ccncc1. The predicted molar refractivity (Wildman–Crippen MR) is 117 cm³/mol. The van der Waals surface area contributed by atoms with Gasteiger partial charge in [0.05, 0.1) is 31.7 Å². The molecule has 0 aliphatic rings. The highest BCUT2D eigenvalue weighted by Gasteiger charge is 2.16. The summed E-state index contributed by atoms with van der Waals surface area (Å²) in [6, 6.07) is 7.20. The van der Waals surface area contributed by atoms with Gasteiger partial charge < -0.3 is 14.8 Å². The van der Waals surface area contributed by atoms with Crippen LogP contribution in [0.5, 0.6) is 5.75 Å². The number of methoxy groups -OCH3 is 2. The number of aromatic nitrogens is 4. The van der Waals surface area contributed by atoms with Crippen molar-refractivity contribution < 1.29 is 14.3 Å². The van der Waals surface area contributed by atoms with E-state index >= 15 is 0 Å². The molecule has 158 valence electrons. The van der Waals surface area contributed by atoms with Crippen LogP contribution in [0, 0.1) is 6.92 Å². The molecule has 0 spiro atoms. The first kappa shape index (κ1) is 22.1. The number of pyridine rings is 1. The third kappa shape index (κ3) is 5.29. The van der Waals surface area contributed by atoms with Gasteiger partial charge in [0.2, 0.25) is 5.91 Å². The molecule has 30 heavy (non-hydrogen) atoms. The van der Waals surface area contributed by atoms with Crippen molar-refractivity contribution in [2.75, 3.05) is 31.9 Å². The molecule has 2 heterocycles. The Bertz CT molecular complexity index is 1010. The van der Waals surface area contributed by atoms with E-state index in [1.54, 1.807) is 31.6 Å². The van der Waals surface area contributed by atoms with Crippen molar-refractivity contribution >= 4 is 35.0 Å². The summed E-state index contributed by atoms with van der Waals surface area (Å²) in [4.78, 5) is 16.6. The number of hydrogen-bond donors (Lipinski definition) is 1. The number of ether oxygens (including phenoxy) is 2. The average Bonchev–Trinajstić information content (AvgIpc) is 3.16.